The first kappa shape index (κ1) is 11.6. The molecule has 2 rings (SSSR count). The van der Waals surface area contributed by atoms with Gasteiger partial charge in [0.05, 0.1) is 12.3 Å². The minimum atomic E-state index is -0.0813. The van der Waals surface area contributed by atoms with Crippen LogP contribution in [0, 0.1) is 0 Å². The van der Waals surface area contributed by atoms with Crippen LogP contribution in [0.3, 0.4) is 0 Å². The molecule has 0 radical (unpaired) electrons. The Bertz CT molecular complexity index is 488. The standard InChI is InChI=1S/C14H15NO2/c1-11(12-5-3-2-4-6-12)15-9-13-7-8-14(10-16)17-13/h2-9,11,16H,10H2,1H3. The van der Waals surface area contributed by atoms with E-state index in [4.69, 9.17) is 9.52 Å². The normalized spacial score (nSPS) is 13.1. The molecule has 3 nitrogen and oxygen atoms in total. The molecular formula is C14H15NO2. The fraction of sp³-hybridized carbons (Fsp3) is 0.214. The fourth-order valence-corrected chi connectivity index (χ4v) is 1.55. The van der Waals surface area contributed by atoms with Gasteiger partial charge in [0.2, 0.25) is 0 Å². The molecule has 0 fully saturated rings. The van der Waals surface area contributed by atoms with Gasteiger partial charge < -0.3 is 9.52 Å². The van der Waals surface area contributed by atoms with Crippen molar-refractivity contribution in [3.8, 4) is 0 Å². The molecule has 3 heteroatoms. The molecule has 0 bridgehead atoms. The van der Waals surface area contributed by atoms with Crippen molar-refractivity contribution in [1.82, 2.24) is 0 Å². The number of aliphatic imine (C=N–C) groups is 1. The van der Waals surface area contributed by atoms with Gasteiger partial charge in [0.25, 0.3) is 0 Å². The second kappa shape index (κ2) is 5.46. The third-order valence-electron chi connectivity index (χ3n) is 2.55. The summed E-state index contributed by atoms with van der Waals surface area (Å²) in [5.41, 5.74) is 1.16. The van der Waals surface area contributed by atoms with Crippen LogP contribution in [0.2, 0.25) is 0 Å². The van der Waals surface area contributed by atoms with Gasteiger partial charge in [-0.15, -0.1) is 0 Å². The van der Waals surface area contributed by atoms with E-state index in [-0.39, 0.29) is 12.6 Å². The first-order valence-electron chi connectivity index (χ1n) is 5.57. The number of rotatable bonds is 4. The molecule has 1 N–H and O–H groups in total. The van der Waals surface area contributed by atoms with Gasteiger partial charge in [-0.1, -0.05) is 30.3 Å². The lowest BCUT2D eigenvalue weighted by Gasteiger charge is -2.04. The summed E-state index contributed by atoms with van der Waals surface area (Å²) >= 11 is 0. The lowest BCUT2D eigenvalue weighted by atomic mass is 10.1. The smallest absolute Gasteiger partial charge is 0.144 e. The minimum Gasteiger partial charge on any atom is -0.458 e. The summed E-state index contributed by atoms with van der Waals surface area (Å²) in [6.07, 6.45) is 1.69. The highest BCUT2D eigenvalue weighted by Crippen LogP contribution is 2.16. The van der Waals surface area contributed by atoms with E-state index in [1.165, 1.54) is 0 Å². The molecule has 0 amide bonds. The molecule has 17 heavy (non-hydrogen) atoms. The van der Waals surface area contributed by atoms with E-state index in [1.54, 1.807) is 18.3 Å². The van der Waals surface area contributed by atoms with Gasteiger partial charge in [-0.25, -0.2) is 0 Å². The van der Waals surface area contributed by atoms with Gasteiger partial charge in [-0.2, -0.15) is 0 Å². The van der Waals surface area contributed by atoms with Gasteiger partial charge in [0.1, 0.15) is 18.1 Å². The van der Waals surface area contributed by atoms with E-state index in [2.05, 4.69) is 4.99 Å². The second-order valence-electron chi connectivity index (χ2n) is 3.83. The van der Waals surface area contributed by atoms with Crippen molar-refractivity contribution in [2.75, 3.05) is 0 Å². The Hall–Kier alpha value is -1.87. The summed E-state index contributed by atoms with van der Waals surface area (Å²) < 4.78 is 5.32. The highest BCUT2D eigenvalue weighted by molar-refractivity contribution is 5.76. The van der Waals surface area contributed by atoms with Crippen molar-refractivity contribution in [3.63, 3.8) is 0 Å². The maximum absolute atomic E-state index is 8.87. The monoisotopic (exact) mass is 229 g/mol. The summed E-state index contributed by atoms with van der Waals surface area (Å²) in [4.78, 5) is 4.41. The number of furan rings is 1. The molecule has 1 unspecified atom stereocenters. The summed E-state index contributed by atoms with van der Waals surface area (Å²) in [6.45, 7) is 1.95. The number of hydrogen-bond acceptors (Lipinski definition) is 3. The molecular weight excluding hydrogens is 214 g/mol. The third-order valence-corrected chi connectivity index (χ3v) is 2.55. The van der Waals surface area contributed by atoms with E-state index in [1.807, 2.05) is 37.3 Å². The van der Waals surface area contributed by atoms with Gasteiger partial charge in [0, 0.05) is 0 Å². The maximum atomic E-state index is 8.87. The van der Waals surface area contributed by atoms with E-state index in [9.17, 15) is 0 Å². The average molecular weight is 229 g/mol. The largest absolute Gasteiger partial charge is 0.458 e. The molecule has 1 atom stereocenters. The molecule has 0 aliphatic carbocycles. The van der Waals surface area contributed by atoms with Crippen LogP contribution in [0.1, 0.15) is 30.0 Å². The molecule has 0 spiro atoms. The number of aliphatic hydroxyl groups is 1. The average Bonchev–Trinajstić information content (AvgIpc) is 2.85. The molecule has 1 heterocycles. The molecule has 0 aliphatic heterocycles. The van der Waals surface area contributed by atoms with Crippen LogP contribution in [0.5, 0.6) is 0 Å². The quantitative estimate of drug-likeness (QED) is 0.819. The van der Waals surface area contributed by atoms with Crippen LogP contribution in [-0.4, -0.2) is 11.3 Å². The summed E-state index contributed by atoms with van der Waals surface area (Å²) in [6, 6.07) is 13.7. The van der Waals surface area contributed by atoms with Crippen LogP contribution < -0.4 is 0 Å². The Morgan fingerprint density at radius 2 is 2.00 bits per heavy atom. The molecule has 88 valence electrons. The van der Waals surface area contributed by atoms with Crippen molar-refractivity contribution in [1.29, 1.82) is 0 Å². The highest BCUT2D eigenvalue weighted by Gasteiger charge is 2.02. The topological polar surface area (TPSA) is 45.7 Å². The Balaban J connectivity index is 2.05. The van der Waals surface area contributed by atoms with Gasteiger partial charge in [-0.05, 0) is 24.6 Å². The predicted molar refractivity (Wildman–Crippen MR) is 67.1 cm³/mol. The molecule has 1 aromatic heterocycles. The van der Waals surface area contributed by atoms with Crippen molar-refractivity contribution in [2.45, 2.75) is 19.6 Å². The zero-order valence-electron chi connectivity index (χ0n) is 9.71. The van der Waals surface area contributed by atoms with Gasteiger partial charge in [-0.3, -0.25) is 4.99 Å². The summed E-state index contributed by atoms with van der Waals surface area (Å²) in [5, 5.41) is 8.87. The highest BCUT2D eigenvalue weighted by atomic mass is 16.4. The second-order valence-corrected chi connectivity index (χ2v) is 3.83. The predicted octanol–water partition coefficient (Wildman–Crippen LogP) is 2.95. The summed E-state index contributed by atoms with van der Waals surface area (Å²) in [5.74, 6) is 1.22. The molecule has 0 saturated heterocycles. The molecule has 2 aromatic rings. The van der Waals surface area contributed by atoms with Crippen LogP contribution in [0.15, 0.2) is 51.9 Å². The minimum absolute atomic E-state index is 0.0813. The van der Waals surface area contributed by atoms with E-state index >= 15 is 0 Å². The van der Waals surface area contributed by atoms with Crippen LogP contribution in [0.25, 0.3) is 0 Å². The number of hydrogen-bond donors (Lipinski definition) is 1. The lowest BCUT2D eigenvalue weighted by molar-refractivity contribution is 0.247. The molecule has 0 aliphatic rings. The first-order chi connectivity index (χ1) is 8.29. The van der Waals surface area contributed by atoms with Gasteiger partial charge >= 0.3 is 0 Å². The molecule has 0 saturated carbocycles. The maximum Gasteiger partial charge on any atom is 0.144 e. The Morgan fingerprint density at radius 3 is 2.65 bits per heavy atom. The van der Waals surface area contributed by atoms with Crippen LogP contribution in [0.4, 0.5) is 0 Å². The number of benzene rings is 1. The van der Waals surface area contributed by atoms with Crippen molar-refractivity contribution in [2.24, 2.45) is 4.99 Å². The van der Waals surface area contributed by atoms with E-state index in [0.29, 0.717) is 11.5 Å². The van der Waals surface area contributed by atoms with Crippen molar-refractivity contribution >= 4 is 6.21 Å². The SMILES string of the molecule is CC(N=Cc1ccc(CO)o1)c1ccccc1. The van der Waals surface area contributed by atoms with Crippen LogP contribution >= 0.6 is 0 Å². The van der Waals surface area contributed by atoms with Crippen molar-refractivity contribution in [3.05, 3.63) is 59.5 Å². The number of nitrogens with zero attached hydrogens (tertiary/aromatic N) is 1. The zero-order valence-corrected chi connectivity index (χ0v) is 9.71. The van der Waals surface area contributed by atoms with E-state index < -0.39 is 0 Å². The lowest BCUT2D eigenvalue weighted by Crippen LogP contribution is -1.89. The van der Waals surface area contributed by atoms with Crippen LogP contribution in [-0.2, 0) is 6.61 Å². The van der Waals surface area contributed by atoms with E-state index in [0.717, 1.165) is 5.56 Å². The van der Waals surface area contributed by atoms with Crippen molar-refractivity contribution < 1.29 is 9.52 Å². The Labute approximate surface area is 100 Å². The number of aliphatic hydroxyl groups excluding tert-OH is 1. The fourth-order valence-electron chi connectivity index (χ4n) is 1.55. The van der Waals surface area contributed by atoms with Gasteiger partial charge in [0.15, 0.2) is 0 Å². The molecule has 1 aromatic carbocycles. The first-order valence-corrected chi connectivity index (χ1v) is 5.57. The Morgan fingerprint density at radius 1 is 1.24 bits per heavy atom. The zero-order chi connectivity index (χ0) is 12.1. The summed E-state index contributed by atoms with van der Waals surface area (Å²) in [7, 11) is 0. The Kier molecular flexibility index (Phi) is 3.73. The third kappa shape index (κ3) is 3.04.